The molecule has 2 rings (SSSR count). The number of hydrogen-bond acceptors (Lipinski definition) is 3. The van der Waals surface area contributed by atoms with Crippen molar-refractivity contribution in [3.63, 3.8) is 0 Å². The topological polar surface area (TPSA) is 54.0 Å². The molecule has 2 N–H and O–H groups in total. The van der Waals surface area contributed by atoms with Gasteiger partial charge in [0.1, 0.15) is 5.82 Å². The second-order valence-corrected chi connectivity index (χ2v) is 4.87. The van der Waals surface area contributed by atoms with Crippen LogP contribution in [0, 0.1) is 0 Å². The van der Waals surface area contributed by atoms with E-state index < -0.39 is 0 Å². The number of hydrogen-bond donors (Lipinski definition) is 2. The maximum absolute atomic E-state index is 11.7. The zero-order chi connectivity index (χ0) is 13.5. The number of pyridine rings is 1. The molecule has 0 saturated heterocycles. The summed E-state index contributed by atoms with van der Waals surface area (Å²) in [6.07, 6.45) is 2.11. The summed E-state index contributed by atoms with van der Waals surface area (Å²) >= 11 is 3.32. The van der Waals surface area contributed by atoms with Crippen LogP contribution < -0.4 is 10.6 Å². The summed E-state index contributed by atoms with van der Waals surface area (Å²) in [5.74, 6) is 0.742. The largest absolute Gasteiger partial charge is 0.370 e. The third-order valence-electron chi connectivity index (χ3n) is 2.44. The Morgan fingerprint density at radius 1 is 1.16 bits per heavy atom. The number of amides is 1. The van der Waals surface area contributed by atoms with Crippen LogP contribution in [0.2, 0.25) is 0 Å². The third-order valence-corrected chi connectivity index (χ3v) is 2.91. The molecule has 1 aromatic carbocycles. The number of rotatable bonds is 5. The SMILES string of the molecule is O=C(CCNc1ccc(Br)cn1)Nc1ccccc1. The van der Waals surface area contributed by atoms with Crippen molar-refractivity contribution in [1.29, 1.82) is 0 Å². The van der Waals surface area contributed by atoms with Gasteiger partial charge in [-0.05, 0) is 40.2 Å². The number of nitrogens with one attached hydrogen (secondary N) is 2. The number of aromatic nitrogens is 1. The minimum atomic E-state index is -0.0178. The molecule has 0 spiro atoms. The van der Waals surface area contributed by atoms with E-state index in [4.69, 9.17) is 0 Å². The molecule has 19 heavy (non-hydrogen) atoms. The van der Waals surface area contributed by atoms with Crippen LogP contribution in [0.4, 0.5) is 11.5 Å². The van der Waals surface area contributed by atoms with E-state index in [1.807, 2.05) is 42.5 Å². The lowest BCUT2D eigenvalue weighted by molar-refractivity contribution is -0.115. The van der Waals surface area contributed by atoms with Gasteiger partial charge in [-0.25, -0.2) is 4.98 Å². The van der Waals surface area contributed by atoms with Gasteiger partial charge >= 0.3 is 0 Å². The maximum Gasteiger partial charge on any atom is 0.226 e. The van der Waals surface area contributed by atoms with Gasteiger partial charge in [-0.2, -0.15) is 0 Å². The normalized spacial score (nSPS) is 9.95. The summed E-state index contributed by atoms with van der Waals surface area (Å²) in [7, 11) is 0. The molecule has 0 aliphatic rings. The van der Waals surface area contributed by atoms with Gasteiger partial charge < -0.3 is 10.6 Å². The van der Waals surface area contributed by atoms with Crippen molar-refractivity contribution in [2.75, 3.05) is 17.2 Å². The van der Waals surface area contributed by atoms with E-state index >= 15 is 0 Å². The predicted molar refractivity (Wildman–Crippen MR) is 80.1 cm³/mol. The fraction of sp³-hybridized carbons (Fsp3) is 0.143. The molecule has 0 aliphatic heterocycles. The van der Waals surface area contributed by atoms with Crippen molar-refractivity contribution in [2.24, 2.45) is 0 Å². The molecule has 0 radical (unpaired) electrons. The summed E-state index contributed by atoms with van der Waals surface area (Å²) in [6, 6.07) is 13.2. The lowest BCUT2D eigenvalue weighted by Crippen LogP contribution is -2.16. The monoisotopic (exact) mass is 319 g/mol. The summed E-state index contributed by atoms with van der Waals surface area (Å²) < 4.78 is 0.930. The van der Waals surface area contributed by atoms with Crippen molar-refractivity contribution >= 4 is 33.3 Å². The quantitative estimate of drug-likeness (QED) is 0.889. The molecule has 1 aromatic heterocycles. The standard InChI is InChI=1S/C14H14BrN3O/c15-11-6-7-13(17-10-11)16-9-8-14(19)18-12-4-2-1-3-5-12/h1-7,10H,8-9H2,(H,16,17)(H,18,19). The Hall–Kier alpha value is -1.88. The molecule has 0 unspecified atom stereocenters. The van der Waals surface area contributed by atoms with Gasteiger partial charge in [-0.1, -0.05) is 18.2 Å². The van der Waals surface area contributed by atoms with Gasteiger partial charge in [0.15, 0.2) is 0 Å². The van der Waals surface area contributed by atoms with Crippen molar-refractivity contribution < 1.29 is 4.79 Å². The van der Waals surface area contributed by atoms with E-state index in [0.717, 1.165) is 16.0 Å². The van der Waals surface area contributed by atoms with Crippen molar-refractivity contribution in [2.45, 2.75) is 6.42 Å². The molecule has 2 aromatic rings. The highest BCUT2D eigenvalue weighted by Crippen LogP contribution is 2.10. The number of para-hydroxylation sites is 1. The fourth-order valence-corrected chi connectivity index (χ4v) is 1.76. The molecule has 4 nitrogen and oxygen atoms in total. The predicted octanol–water partition coefficient (Wildman–Crippen LogP) is 3.28. The molecule has 0 aliphatic carbocycles. The van der Waals surface area contributed by atoms with Crippen LogP contribution in [-0.2, 0) is 4.79 Å². The Morgan fingerprint density at radius 2 is 1.95 bits per heavy atom. The molecule has 0 saturated carbocycles. The molecule has 0 atom stereocenters. The summed E-state index contributed by atoms with van der Waals surface area (Å²) in [6.45, 7) is 0.549. The lowest BCUT2D eigenvalue weighted by Gasteiger charge is -2.06. The summed E-state index contributed by atoms with van der Waals surface area (Å²) in [5.41, 5.74) is 0.814. The van der Waals surface area contributed by atoms with Crippen molar-refractivity contribution in [3.05, 3.63) is 53.1 Å². The number of halogens is 1. The molecule has 0 bridgehead atoms. The minimum Gasteiger partial charge on any atom is -0.370 e. The Labute approximate surface area is 120 Å². The Bertz CT molecular complexity index is 528. The van der Waals surface area contributed by atoms with Crippen LogP contribution >= 0.6 is 15.9 Å². The maximum atomic E-state index is 11.7. The third kappa shape index (κ3) is 4.71. The van der Waals surface area contributed by atoms with E-state index in [2.05, 4.69) is 31.5 Å². The van der Waals surface area contributed by atoms with Gasteiger partial charge in [0, 0.05) is 29.3 Å². The highest BCUT2D eigenvalue weighted by molar-refractivity contribution is 9.10. The highest BCUT2D eigenvalue weighted by Gasteiger charge is 2.01. The van der Waals surface area contributed by atoms with Gasteiger partial charge in [0.25, 0.3) is 0 Å². The molecular formula is C14H14BrN3O. The first kappa shape index (κ1) is 13.5. The molecule has 1 amide bonds. The van der Waals surface area contributed by atoms with Crippen LogP contribution in [0.1, 0.15) is 6.42 Å². The van der Waals surface area contributed by atoms with Crippen LogP contribution in [0.5, 0.6) is 0 Å². The first-order valence-electron chi connectivity index (χ1n) is 5.94. The smallest absolute Gasteiger partial charge is 0.226 e. The Morgan fingerprint density at radius 3 is 2.63 bits per heavy atom. The number of benzene rings is 1. The Kier molecular flexibility index (Phi) is 4.92. The van der Waals surface area contributed by atoms with Crippen LogP contribution in [0.25, 0.3) is 0 Å². The molecule has 0 fully saturated rings. The fourth-order valence-electron chi connectivity index (χ4n) is 1.53. The van der Waals surface area contributed by atoms with E-state index in [0.29, 0.717) is 13.0 Å². The van der Waals surface area contributed by atoms with Crippen LogP contribution in [0.15, 0.2) is 53.1 Å². The number of carbonyl (C=O) groups excluding carboxylic acids is 1. The average Bonchev–Trinajstić information content (AvgIpc) is 2.42. The van der Waals surface area contributed by atoms with E-state index in [1.165, 1.54) is 0 Å². The minimum absolute atomic E-state index is 0.0178. The first-order valence-corrected chi connectivity index (χ1v) is 6.74. The molecule has 98 valence electrons. The number of anilines is 2. The van der Waals surface area contributed by atoms with Gasteiger partial charge in [-0.3, -0.25) is 4.79 Å². The van der Waals surface area contributed by atoms with Crippen LogP contribution in [-0.4, -0.2) is 17.4 Å². The molecule has 5 heteroatoms. The zero-order valence-electron chi connectivity index (χ0n) is 10.3. The number of nitrogens with zero attached hydrogens (tertiary/aromatic N) is 1. The van der Waals surface area contributed by atoms with Crippen LogP contribution in [0.3, 0.4) is 0 Å². The second-order valence-electron chi connectivity index (χ2n) is 3.95. The molecular weight excluding hydrogens is 306 g/mol. The van der Waals surface area contributed by atoms with Crippen molar-refractivity contribution in [1.82, 2.24) is 4.98 Å². The van der Waals surface area contributed by atoms with E-state index in [-0.39, 0.29) is 5.91 Å². The molecule has 1 heterocycles. The summed E-state index contributed by atoms with van der Waals surface area (Å²) in [4.78, 5) is 15.8. The van der Waals surface area contributed by atoms with E-state index in [1.54, 1.807) is 6.20 Å². The van der Waals surface area contributed by atoms with Gasteiger partial charge in [-0.15, -0.1) is 0 Å². The Balaban J connectivity index is 1.74. The second kappa shape index (κ2) is 6.89. The highest BCUT2D eigenvalue weighted by atomic mass is 79.9. The van der Waals surface area contributed by atoms with Crippen molar-refractivity contribution in [3.8, 4) is 0 Å². The van der Waals surface area contributed by atoms with Gasteiger partial charge in [0.2, 0.25) is 5.91 Å². The zero-order valence-corrected chi connectivity index (χ0v) is 11.9. The summed E-state index contributed by atoms with van der Waals surface area (Å²) in [5, 5.41) is 5.93. The average molecular weight is 320 g/mol. The lowest BCUT2D eigenvalue weighted by atomic mass is 10.3. The van der Waals surface area contributed by atoms with Gasteiger partial charge in [0.05, 0.1) is 0 Å². The van der Waals surface area contributed by atoms with E-state index in [9.17, 15) is 4.79 Å². The number of carbonyl (C=O) groups is 1. The first-order chi connectivity index (χ1) is 9.24.